The molecule has 1 saturated carbocycles. The average molecular weight is 621 g/mol. The second kappa shape index (κ2) is 8.49. The van der Waals surface area contributed by atoms with Gasteiger partial charge >= 0.3 is 5.97 Å². The molecular formula is C26H25N4O2Pt-. The van der Waals surface area contributed by atoms with Crippen molar-refractivity contribution in [1.82, 2.24) is 20.2 Å². The molecule has 1 N–H and O–H groups in total. The maximum atomic E-state index is 10.1. The van der Waals surface area contributed by atoms with E-state index in [0.717, 1.165) is 11.4 Å². The van der Waals surface area contributed by atoms with E-state index in [1.807, 2.05) is 6.20 Å². The van der Waals surface area contributed by atoms with E-state index in [2.05, 4.69) is 71.3 Å². The van der Waals surface area contributed by atoms with Gasteiger partial charge in [-0.25, -0.2) is 9.78 Å². The standard InChI is InChI=1S/C20H20N3.C6H5NO2.Pt/c1-19(2)14-8-10-20(19,3)18-15(14)17(22-23-18)16-13-7-5-4-6-12(13)9-11-21-16;8-6(9)5-3-1-2-4-7-5;/h4-7,9,11,14H,8,10H2,1-3H3;1-4H,(H,8,9);/q-1;;. The van der Waals surface area contributed by atoms with Crippen molar-refractivity contribution in [2.24, 2.45) is 5.41 Å². The number of aromatic carboxylic acids is 1. The van der Waals surface area contributed by atoms with Crippen LogP contribution >= 0.6 is 0 Å². The summed E-state index contributed by atoms with van der Waals surface area (Å²) in [7, 11) is 0. The normalized spacial score (nSPS) is 21.6. The summed E-state index contributed by atoms with van der Waals surface area (Å²) in [5, 5.41) is 19.9. The number of benzene rings is 1. The van der Waals surface area contributed by atoms with Crippen LogP contribution in [0.2, 0.25) is 0 Å². The summed E-state index contributed by atoms with van der Waals surface area (Å²) < 4.78 is 0. The summed E-state index contributed by atoms with van der Waals surface area (Å²) in [6.07, 6.45) is 5.79. The fourth-order valence-electron chi connectivity index (χ4n) is 5.46. The van der Waals surface area contributed by atoms with Crippen molar-refractivity contribution in [3.63, 3.8) is 0 Å². The van der Waals surface area contributed by atoms with Crippen molar-refractivity contribution in [3.05, 3.63) is 77.9 Å². The molecule has 2 aliphatic carbocycles. The number of hydrogen-bond acceptors (Lipinski definition) is 4. The molecule has 33 heavy (non-hydrogen) atoms. The molecule has 172 valence electrons. The average Bonchev–Trinajstić information content (AvgIpc) is 3.39. The largest absolute Gasteiger partial charge is 0.573 e. The van der Waals surface area contributed by atoms with Crippen molar-refractivity contribution in [3.8, 4) is 11.4 Å². The quantitative estimate of drug-likeness (QED) is 0.331. The Morgan fingerprint density at radius 3 is 2.48 bits per heavy atom. The smallest absolute Gasteiger partial charge is 0.354 e. The van der Waals surface area contributed by atoms with Gasteiger partial charge in [-0.2, -0.15) is 0 Å². The second-order valence-corrected chi connectivity index (χ2v) is 9.36. The molecular weight excluding hydrogens is 595 g/mol. The first kappa shape index (κ1) is 23.3. The van der Waals surface area contributed by atoms with E-state index in [0.29, 0.717) is 5.92 Å². The predicted octanol–water partition coefficient (Wildman–Crippen LogP) is 5.21. The zero-order valence-electron chi connectivity index (χ0n) is 18.7. The maximum absolute atomic E-state index is 10.1. The van der Waals surface area contributed by atoms with Crippen LogP contribution in [0.1, 0.15) is 61.3 Å². The van der Waals surface area contributed by atoms with Gasteiger partial charge in [-0.05, 0) is 53.3 Å². The molecule has 1 fully saturated rings. The minimum absolute atomic E-state index is 0. The van der Waals surface area contributed by atoms with Gasteiger partial charge in [0, 0.05) is 50.0 Å². The van der Waals surface area contributed by atoms with E-state index in [4.69, 9.17) is 5.11 Å². The number of nitrogens with zero attached hydrogens (tertiary/aromatic N) is 4. The first-order chi connectivity index (χ1) is 15.3. The number of pyridine rings is 2. The SMILES string of the molecule is CC12CCC(c3c1n[n-]c3-c1nccc3ccccc13)C2(C)C.O=C(O)c1ccccn1.[Pt]. The number of carboxylic acids is 1. The van der Waals surface area contributed by atoms with Crippen LogP contribution in [-0.2, 0) is 26.5 Å². The Kier molecular flexibility index (Phi) is 6.00. The van der Waals surface area contributed by atoms with Crippen molar-refractivity contribution < 1.29 is 31.0 Å². The molecule has 0 saturated heterocycles. The third kappa shape index (κ3) is 3.52. The van der Waals surface area contributed by atoms with E-state index < -0.39 is 5.97 Å². The minimum Gasteiger partial charge on any atom is -0.573 e. The Hall–Kier alpha value is -2.85. The van der Waals surface area contributed by atoms with E-state index >= 15 is 0 Å². The summed E-state index contributed by atoms with van der Waals surface area (Å²) in [6.45, 7) is 7.16. The second-order valence-electron chi connectivity index (χ2n) is 9.36. The van der Waals surface area contributed by atoms with E-state index in [9.17, 15) is 4.79 Å². The topological polar surface area (TPSA) is 90.1 Å². The summed E-state index contributed by atoms with van der Waals surface area (Å²) >= 11 is 0. The molecule has 2 atom stereocenters. The fourth-order valence-corrected chi connectivity index (χ4v) is 5.46. The van der Waals surface area contributed by atoms with Crippen LogP contribution in [0.15, 0.2) is 60.9 Å². The molecule has 3 aromatic heterocycles. The third-order valence-corrected chi connectivity index (χ3v) is 7.64. The van der Waals surface area contributed by atoms with Crippen molar-refractivity contribution in [2.75, 3.05) is 0 Å². The molecule has 0 aliphatic heterocycles. The number of aromatic nitrogens is 4. The summed E-state index contributed by atoms with van der Waals surface area (Å²) in [5.41, 5.74) is 5.09. The zero-order chi connectivity index (χ0) is 22.5. The van der Waals surface area contributed by atoms with Crippen molar-refractivity contribution in [1.29, 1.82) is 0 Å². The molecule has 1 aromatic carbocycles. The van der Waals surface area contributed by atoms with Gasteiger partial charge in [0.15, 0.2) is 0 Å². The molecule has 7 heteroatoms. The van der Waals surface area contributed by atoms with E-state index in [1.165, 1.54) is 47.1 Å². The molecule has 4 aromatic rings. The van der Waals surface area contributed by atoms with E-state index in [1.54, 1.807) is 12.1 Å². The minimum atomic E-state index is -0.990. The summed E-state index contributed by atoms with van der Waals surface area (Å²) in [6, 6.07) is 15.2. The molecule has 2 bridgehead atoms. The van der Waals surface area contributed by atoms with Gasteiger partial charge < -0.3 is 15.3 Å². The first-order valence-electron chi connectivity index (χ1n) is 10.9. The van der Waals surface area contributed by atoms with Crippen LogP contribution in [0, 0.1) is 5.41 Å². The van der Waals surface area contributed by atoms with Crippen molar-refractivity contribution >= 4 is 16.7 Å². The molecule has 0 amide bonds. The Morgan fingerprint density at radius 2 is 1.79 bits per heavy atom. The number of carboxylic acid groups (broad SMARTS) is 1. The Balaban J connectivity index is 0.000000221. The number of fused-ring (bicyclic) bond motifs is 6. The Labute approximate surface area is 207 Å². The van der Waals surface area contributed by atoms with Crippen LogP contribution in [-0.4, -0.2) is 26.1 Å². The first-order valence-corrected chi connectivity index (χ1v) is 10.9. The van der Waals surface area contributed by atoms with Crippen LogP contribution in [0.25, 0.3) is 22.2 Å². The number of hydrogen-bond donors (Lipinski definition) is 1. The number of carbonyl (C=O) groups is 1. The van der Waals surface area contributed by atoms with E-state index in [-0.39, 0.29) is 37.6 Å². The third-order valence-electron chi connectivity index (χ3n) is 7.64. The molecule has 2 aliphatic rings. The summed E-state index contributed by atoms with van der Waals surface area (Å²) in [5.74, 6) is -0.441. The monoisotopic (exact) mass is 620 g/mol. The Bertz CT molecular complexity index is 1310. The van der Waals surface area contributed by atoms with Gasteiger partial charge in [0.25, 0.3) is 0 Å². The predicted molar refractivity (Wildman–Crippen MR) is 123 cm³/mol. The molecule has 0 spiro atoms. The van der Waals surface area contributed by atoms with Crippen LogP contribution in [0.5, 0.6) is 0 Å². The molecule has 6 nitrogen and oxygen atoms in total. The molecule has 0 radical (unpaired) electrons. The van der Waals surface area contributed by atoms with Gasteiger partial charge in [-0.3, -0.25) is 4.98 Å². The van der Waals surface area contributed by atoms with Gasteiger partial charge in [0.05, 0.1) is 5.69 Å². The van der Waals surface area contributed by atoms with Crippen LogP contribution < -0.4 is 5.10 Å². The molecule has 2 unspecified atom stereocenters. The molecule has 6 rings (SSSR count). The zero-order valence-corrected chi connectivity index (χ0v) is 21.0. The van der Waals surface area contributed by atoms with Gasteiger partial charge in [-0.15, -0.1) is 0 Å². The maximum Gasteiger partial charge on any atom is 0.354 e. The van der Waals surface area contributed by atoms with Crippen LogP contribution in [0.4, 0.5) is 0 Å². The number of rotatable bonds is 2. The molecule has 3 heterocycles. The van der Waals surface area contributed by atoms with Crippen molar-refractivity contribution in [2.45, 2.75) is 44.9 Å². The summed E-state index contributed by atoms with van der Waals surface area (Å²) in [4.78, 5) is 18.4. The van der Waals surface area contributed by atoms with Gasteiger partial charge in [0.1, 0.15) is 5.69 Å². The Morgan fingerprint density at radius 1 is 1.03 bits per heavy atom. The fraction of sp³-hybridized carbons (Fsp3) is 0.308. The van der Waals surface area contributed by atoms with Crippen LogP contribution in [0.3, 0.4) is 0 Å². The van der Waals surface area contributed by atoms with Gasteiger partial charge in [0.2, 0.25) is 0 Å². The van der Waals surface area contributed by atoms with Gasteiger partial charge in [-0.1, -0.05) is 56.8 Å².